The van der Waals surface area contributed by atoms with Crippen molar-refractivity contribution < 1.29 is 4.74 Å². The molecule has 0 spiro atoms. The molecule has 0 aliphatic heterocycles. The van der Waals surface area contributed by atoms with E-state index in [0.717, 1.165) is 16.7 Å². The summed E-state index contributed by atoms with van der Waals surface area (Å²) in [5.74, 6) is 0.770. The number of benzene rings is 1. The van der Waals surface area contributed by atoms with Crippen molar-refractivity contribution >= 4 is 17.3 Å². The van der Waals surface area contributed by atoms with Crippen LogP contribution in [0.15, 0.2) is 29.3 Å². The third-order valence-corrected chi connectivity index (χ3v) is 4.90. The molecule has 0 saturated carbocycles. The van der Waals surface area contributed by atoms with Crippen molar-refractivity contribution in [2.45, 2.75) is 59.9 Å². The fourth-order valence-corrected chi connectivity index (χ4v) is 3.18. The highest BCUT2D eigenvalue weighted by molar-refractivity contribution is 7.11. The van der Waals surface area contributed by atoms with Crippen LogP contribution >= 0.6 is 11.3 Å². The summed E-state index contributed by atoms with van der Waals surface area (Å²) in [6.45, 7) is 12.3. The van der Waals surface area contributed by atoms with Crippen molar-refractivity contribution in [1.82, 2.24) is 15.6 Å². The monoisotopic (exact) mass is 374 g/mol. The summed E-state index contributed by atoms with van der Waals surface area (Å²) in [4.78, 5) is 10.1. The molecule has 5 nitrogen and oxygen atoms in total. The van der Waals surface area contributed by atoms with Crippen molar-refractivity contribution in [3.63, 3.8) is 0 Å². The Bertz CT molecular complexity index is 727. The standard InChI is InChI=1S/C20H30N4OS/c1-14-15(2)26-18(24-14)12-23-19(21-6)22-11-16-8-7-9-17(10-16)13-25-20(3,4)5/h7-10H,11-13H2,1-6H3,(H2,21,22,23). The summed E-state index contributed by atoms with van der Waals surface area (Å²) < 4.78 is 5.85. The topological polar surface area (TPSA) is 58.5 Å². The van der Waals surface area contributed by atoms with E-state index in [9.17, 15) is 0 Å². The Morgan fingerprint density at radius 1 is 1.15 bits per heavy atom. The lowest BCUT2D eigenvalue weighted by molar-refractivity contribution is -0.0149. The van der Waals surface area contributed by atoms with Crippen molar-refractivity contribution in [3.05, 3.63) is 51.0 Å². The van der Waals surface area contributed by atoms with Crippen LogP contribution in [-0.4, -0.2) is 23.6 Å². The Morgan fingerprint density at radius 3 is 2.46 bits per heavy atom. The maximum Gasteiger partial charge on any atom is 0.191 e. The fourth-order valence-electron chi connectivity index (χ4n) is 2.31. The Kier molecular flexibility index (Phi) is 7.17. The van der Waals surface area contributed by atoms with Gasteiger partial charge in [-0.25, -0.2) is 4.98 Å². The second kappa shape index (κ2) is 9.14. The molecular formula is C20H30N4OS. The molecule has 2 N–H and O–H groups in total. The number of guanidine groups is 1. The van der Waals surface area contributed by atoms with E-state index in [-0.39, 0.29) is 5.60 Å². The molecule has 0 unspecified atom stereocenters. The van der Waals surface area contributed by atoms with Gasteiger partial charge >= 0.3 is 0 Å². The van der Waals surface area contributed by atoms with E-state index in [4.69, 9.17) is 4.74 Å². The maximum absolute atomic E-state index is 5.85. The molecule has 1 aromatic carbocycles. The molecule has 2 rings (SSSR count). The Labute approximate surface area is 160 Å². The number of aryl methyl sites for hydroxylation is 2. The van der Waals surface area contributed by atoms with Gasteiger partial charge in [-0.15, -0.1) is 11.3 Å². The zero-order chi connectivity index (χ0) is 19.2. The Balaban J connectivity index is 1.85. The molecule has 6 heteroatoms. The number of thiazole rings is 1. The minimum atomic E-state index is -0.132. The molecule has 0 saturated heterocycles. The van der Waals surface area contributed by atoms with Crippen molar-refractivity contribution in [3.8, 4) is 0 Å². The van der Waals surface area contributed by atoms with Crippen LogP contribution in [0.4, 0.5) is 0 Å². The van der Waals surface area contributed by atoms with E-state index in [0.29, 0.717) is 19.7 Å². The highest BCUT2D eigenvalue weighted by atomic mass is 32.1. The molecule has 0 aliphatic carbocycles. The van der Waals surface area contributed by atoms with Crippen molar-refractivity contribution in [1.29, 1.82) is 0 Å². The number of nitrogens with zero attached hydrogens (tertiary/aromatic N) is 2. The van der Waals surface area contributed by atoms with Gasteiger partial charge in [0.05, 0.1) is 24.4 Å². The number of rotatable bonds is 6. The number of aromatic nitrogens is 1. The van der Waals surface area contributed by atoms with Crippen molar-refractivity contribution in [2.75, 3.05) is 7.05 Å². The van der Waals surface area contributed by atoms with Crippen LogP contribution in [0.25, 0.3) is 0 Å². The Morgan fingerprint density at radius 2 is 1.85 bits per heavy atom. The first-order valence-corrected chi connectivity index (χ1v) is 9.67. The molecule has 0 radical (unpaired) electrons. The average Bonchev–Trinajstić information content (AvgIpc) is 2.91. The second-order valence-corrected chi connectivity index (χ2v) is 8.54. The zero-order valence-electron chi connectivity index (χ0n) is 16.6. The van der Waals surface area contributed by atoms with E-state index >= 15 is 0 Å². The Hall–Kier alpha value is -1.92. The highest BCUT2D eigenvalue weighted by Crippen LogP contribution is 2.16. The number of aliphatic imine (C=N–C) groups is 1. The normalized spacial score (nSPS) is 12.3. The molecular weight excluding hydrogens is 344 g/mol. The molecule has 0 amide bonds. The van der Waals surface area contributed by atoms with Gasteiger partial charge in [0.2, 0.25) is 0 Å². The molecule has 0 aliphatic rings. The predicted octanol–water partition coefficient (Wildman–Crippen LogP) is 3.94. The summed E-state index contributed by atoms with van der Waals surface area (Å²) in [6, 6.07) is 8.43. The molecule has 26 heavy (non-hydrogen) atoms. The predicted molar refractivity (Wildman–Crippen MR) is 110 cm³/mol. The van der Waals surface area contributed by atoms with Gasteiger partial charge in [0.25, 0.3) is 0 Å². The zero-order valence-corrected chi connectivity index (χ0v) is 17.5. The van der Waals surface area contributed by atoms with Gasteiger partial charge in [0, 0.05) is 18.5 Å². The molecule has 0 atom stereocenters. The second-order valence-electron chi connectivity index (χ2n) is 7.25. The molecule has 1 aromatic heterocycles. The third kappa shape index (κ3) is 6.77. The van der Waals surface area contributed by atoms with E-state index < -0.39 is 0 Å². The molecule has 1 heterocycles. The van der Waals surface area contributed by atoms with Gasteiger partial charge in [-0.2, -0.15) is 0 Å². The van der Waals surface area contributed by atoms with E-state index in [1.165, 1.54) is 16.0 Å². The van der Waals surface area contributed by atoms with Crippen LogP contribution in [-0.2, 0) is 24.4 Å². The summed E-state index contributed by atoms with van der Waals surface area (Å²) in [5, 5.41) is 7.74. The summed E-state index contributed by atoms with van der Waals surface area (Å²) >= 11 is 1.72. The van der Waals surface area contributed by atoms with Crippen LogP contribution in [0.3, 0.4) is 0 Å². The quantitative estimate of drug-likeness (QED) is 0.594. The number of nitrogens with one attached hydrogen (secondary N) is 2. The fraction of sp³-hybridized carbons (Fsp3) is 0.500. The SMILES string of the molecule is CN=C(NCc1cccc(COC(C)(C)C)c1)NCc1nc(C)c(C)s1. The lowest BCUT2D eigenvalue weighted by atomic mass is 10.1. The first-order valence-electron chi connectivity index (χ1n) is 8.86. The third-order valence-electron chi connectivity index (χ3n) is 3.83. The van der Waals surface area contributed by atoms with E-state index in [2.05, 4.69) is 72.6 Å². The summed E-state index contributed by atoms with van der Waals surface area (Å²) in [6.07, 6.45) is 0. The molecule has 2 aromatic rings. The maximum atomic E-state index is 5.85. The van der Waals surface area contributed by atoms with Gasteiger partial charge in [0.15, 0.2) is 5.96 Å². The largest absolute Gasteiger partial charge is 0.371 e. The van der Waals surface area contributed by atoms with E-state index in [1.54, 1.807) is 18.4 Å². The number of hydrogen-bond donors (Lipinski definition) is 2. The van der Waals surface area contributed by atoms with Gasteiger partial charge in [0.1, 0.15) is 5.01 Å². The lowest BCUT2D eigenvalue weighted by Gasteiger charge is -2.19. The van der Waals surface area contributed by atoms with Crippen LogP contribution in [0.5, 0.6) is 0 Å². The van der Waals surface area contributed by atoms with E-state index in [1.807, 2.05) is 6.92 Å². The minimum absolute atomic E-state index is 0.132. The van der Waals surface area contributed by atoms with Crippen LogP contribution < -0.4 is 10.6 Å². The average molecular weight is 375 g/mol. The smallest absolute Gasteiger partial charge is 0.191 e. The molecule has 0 bridgehead atoms. The summed E-state index contributed by atoms with van der Waals surface area (Å²) in [5.41, 5.74) is 3.34. The van der Waals surface area contributed by atoms with Crippen LogP contribution in [0, 0.1) is 13.8 Å². The number of hydrogen-bond acceptors (Lipinski definition) is 4. The minimum Gasteiger partial charge on any atom is -0.371 e. The van der Waals surface area contributed by atoms with Crippen molar-refractivity contribution in [2.24, 2.45) is 4.99 Å². The summed E-state index contributed by atoms with van der Waals surface area (Å²) in [7, 11) is 1.78. The first kappa shape index (κ1) is 20.4. The van der Waals surface area contributed by atoms with Crippen LogP contribution in [0.2, 0.25) is 0 Å². The lowest BCUT2D eigenvalue weighted by Crippen LogP contribution is -2.36. The van der Waals surface area contributed by atoms with Gasteiger partial charge < -0.3 is 15.4 Å². The highest BCUT2D eigenvalue weighted by Gasteiger charge is 2.10. The van der Waals surface area contributed by atoms with Gasteiger partial charge in [-0.3, -0.25) is 4.99 Å². The van der Waals surface area contributed by atoms with Crippen LogP contribution in [0.1, 0.15) is 47.5 Å². The van der Waals surface area contributed by atoms with Gasteiger partial charge in [-0.05, 0) is 45.7 Å². The van der Waals surface area contributed by atoms with Gasteiger partial charge in [-0.1, -0.05) is 24.3 Å². The molecule has 142 valence electrons. The number of ether oxygens (including phenoxy) is 1. The first-order chi connectivity index (χ1) is 12.3. The molecule has 0 fully saturated rings.